The van der Waals surface area contributed by atoms with Crippen LogP contribution in [0.1, 0.15) is 11.1 Å². The van der Waals surface area contributed by atoms with Crippen LogP contribution in [0.15, 0.2) is 46.2 Å². The van der Waals surface area contributed by atoms with Crippen LogP contribution < -0.4 is 9.47 Å². The minimum atomic E-state index is 0.505. The molecule has 0 spiro atoms. The molecule has 0 bridgehead atoms. The van der Waals surface area contributed by atoms with Gasteiger partial charge in [0.25, 0.3) is 12.5 Å². The monoisotopic (exact) mass is 344 g/mol. The van der Waals surface area contributed by atoms with Crippen LogP contribution in [0, 0.1) is 36.9 Å². The quantitative estimate of drug-likeness (QED) is 0.552. The molecule has 0 aliphatic rings. The molecular weight excluding hydrogens is 332 g/mol. The predicted octanol–water partition coefficient (Wildman–Crippen LogP) is 4.75. The summed E-state index contributed by atoms with van der Waals surface area (Å²) in [5, 5.41) is 17.0. The van der Waals surface area contributed by atoms with Crippen LogP contribution in [-0.4, -0.2) is 0 Å². The number of hydrogen-bond donors (Lipinski definition) is 0. The molecule has 0 aromatic heterocycles. The molecular formula is C16H12N2O3S2. The molecule has 0 radical (unpaired) electrons. The van der Waals surface area contributed by atoms with E-state index in [0.29, 0.717) is 11.5 Å². The van der Waals surface area contributed by atoms with E-state index in [0.717, 1.165) is 20.9 Å². The molecule has 2 rings (SSSR count). The van der Waals surface area contributed by atoms with E-state index in [2.05, 4.69) is 0 Å². The third kappa shape index (κ3) is 4.83. The average Bonchev–Trinajstić information content (AvgIpc) is 2.52. The maximum absolute atomic E-state index is 8.49. The van der Waals surface area contributed by atoms with E-state index in [1.165, 1.54) is 24.1 Å². The van der Waals surface area contributed by atoms with Gasteiger partial charge in [0.1, 0.15) is 11.5 Å². The Morgan fingerprint density at radius 2 is 1.22 bits per heavy atom. The van der Waals surface area contributed by atoms with Gasteiger partial charge in [0.05, 0.1) is 0 Å². The second kappa shape index (κ2) is 8.35. The van der Waals surface area contributed by atoms with Crippen molar-refractivity contribution in [3.05, 3.63) is 47.5 Å². The summed E-state index contributed by atoms with van der Waals surface area (Å²) in [5.41, 5.74) is 1.91. The lowest BCUT2D eigenvalue weighted by molar-refractivity contribution is 0.506. The SMILES string of the molecule is Cc1cc(OC#N)ccc1SOSc1ccc(OC#N)cc1C. The fourth-order valence-electron chi connectivity index (χ4n) is 1.75. The first-order valence-electron chi connectivity index (χ1n) is 6.48. The highest BCUT2D eigenvalue weighted by molar-refractivity contribution is 8.08. The number of ether oxygens (including phenoxy) is 2. The van der Waals surface area contributed by atoms with Crippen molar-refractivity contribution in [2.24, 2.45) is 0 Å². The molecule has 0 aliphatic carbocycles. The van der Waals surface area contributed by atoms with Crippen LogP contribution in [0.25, 0.3) is 0 Å². The van der Waals surface area contributed by atoms with Crippen molar-refractivity contribution >= 4 is 24.1 Å². The van der Waals surface area contributed by atoms with Crippen LogP contribution >= 0.6 is 24.1 Å². The largest absolute Gasteiger partial charge is 0.388 e. The van der Waals surface area contributed by atoms with Crippen LogP contribution in [-0.2, 0) is 3.63 Å². The Labute approximate surface area is 143 Å². The number of benzene rings is 2. The van der Waals surface area contributed by atoms with Gasteiger partial charge < -0.3 is 9.47 Å². The van der Waals surface area contributed by atoms with Crippen molar-refractivity contribution in [1.29, 1.82) is 10.5 Å². The minimum Gasteiger partial charge on any atom is -0.388 e. The van der Waals surface area contributed by atoms with E-state index in [-0.39, 0.29) is 0 Å². The zero-order valence-electron chi connectivity index (χ0n) is 12.4. The molecule has 2 aromatic rings. The number of hydrogen-bond acceptors (Lipinski definition) is 7. The first kappa shape index (κ1) is 17.0. The van der Waals surface area contributed by atoms with E-state index in [1.807, 2.05) is 26.0 Å². The number of rotatable bonds is 6. The minimum absolute atomic E-state index is 0.505. The molecule has 0 amide bonds. The third-order valence-corrected chi connectivity index (χ3v) is 4.69. The van der Waals surface area contributed by atoms with Gasteiger partial charge in [0.15, 0.2) is 0 Å². The summed E-state index contributed by atoms with van der Waals surface area (Å²) in [6.45, 7) is 3.83. The average molecular weight is 344 g/mol. The summed E-state index contributed by atoms with van der Waals surface area (Å²) < 4.78 is 15.1. The fourth-order valence-corrected chi connectivity index (χ4v) is 3.10. The van der Waals surface area contributed by atoms with E-state index in [4.69, 9.17) is 23.6 Å². The lowest BCUT2D eigenvalue weighted by Gasteiger charge is -2.08. The summed E-state index contributed by atoms with van der Waals surface area (Å²) in [4.78, 5) is 1.87. The molecule has 23 heavy (non-hydrogen) atoms. The maximum Gasteiger partial charge on any atom is 0.292 e. The van der Waals surface area contributed by atoms with Crippen molar-refractivity contribution in [3.8, 4) is 24.0 Å². The first-order chi connectivity index (χ1) is 11.1. The summed E-state index contributed by atoms with van der Waals surface area (Å²) in [6, 6.07) is 10.7. The molecule has 0 heterocycles. The smallest absolute Gasteiger partial charge is 0.292 e. The first-order valence-corrected chi connectivity index (χ1v) is 7.96. The lowest BCUT2D eigenvalue weighted by Crippen LogP contribution is -1.86. The summed E-state index contributed by atoms with van der Waals surface area (Å²) in [5.74, 6) is 1.01. The predicted molar refractivity (Wildman–Crippen MR) is 87.6 cm³/mol. The Balaban J connectivity index is 1.95. The molecule has 7 heteroatoms. The Morgan fingerprint density at radius 3 is 1.57 bits per heavy atom. The summed E-state index contributed by atoms with van der Waals surface area (Å²) >= 11 is 2.47. The zero-order chi connectivity index (χ0) is 16.7. The van der Waals surface area contributed by atoms with Crippen molar-refractivity contribution in [2.45, 2.75) is 23.6 Å². The van der Waals surface area contributed by atoms with Crippen molar-refractivity contribution in [2.75, 3.05) is 0 Å². The number of nitriles is 2. The van der Waals surface area contributed by atoms with Crippen molar-refractivity contribution in [3.63, 3.8) is 0 Å². The third-order valence-electron chi connectivity index (χ3n) is 2.87. The lowest BCUT2D eigenvalue weighted by atomic mass is 10.2. The van der Waals surface area contributed by atoms with Gasteiger partial charge in [-0.2, -0.15) is 0 Å². The second-order valence-corrected chi connectivity index (χ2v) is 6.23. The van der Waals surface area contributed by atoms with Gasteiger partial charge in [-0.05, 0) is 61.4 Å². The molecule has 116 valence electrons. The molecule has 0 saturated carbocycles. The van der Waals surface area contributed by atoms with Gasteiger partial charge in [0.2, 0.25) is 0 Å². The molecule has 0 atom stereocenters. The summed E-state index contributed by atoms with van der Waals surface area (Å²) in [6.07, 6.45) is 3.29. The van der Waals surface area contributed by atoms with Gasteiger partial charge >= 0.3 is 0 Å². The Kier molecular flexibility index (Phi) is 6.19. The molecule has 0 unspecified atom stereocenters. The second-order valence-electron chi connectivity index (χ2n) is 4.48. The van der Waals surface area contributed by atoms with Gasteiger partial charge in [-0.3, -0.25) is 0 Å². The van der Waals surface area contributed by atoms with Gasteiger partial charge in [-0.25, -0.2) is 3.63 Å². The van der Waals surface area contributed by atoms with Crippen molar-refractivity contribution in [1.82, 2.24) is 0 Å². The fraction of sp³-hybridized carbons (Fsp3) is 0.125. The van der Waals surface area contributed by atoms with E-state index < -0.39 is 0 Å². The van der Waals surface area contributed by atoms with Gasteiger partial charge in [-0.15, -0.1) is 10.5 Å². The van der Waals surface area contributed by atoms with Gasteiger partial charge in [0, 0.05) is 33.9 Å². The van der Waals surface area contributed by atoms with Crippen LogP contribution in [0.5, 0.6) is 11.5 Å². The molecule has 5 nitrogen and oxygen atoms in total. The van der Waals surface area contributed by atoms with E-state index in [1.54, 1.807) is 36.8 Å². The number of nitrogens with zero attached hydrogens (tertiary/aromatic N) is 2. The highest BCUT2D eigenvalue weighted by atomic mass is 32.2. The van der Waals surface area contributed by atoms with E-state index >= 15 is 0 Å². The Hall–Kier alpha value is -2.32. The highest BCUT2D eigenvalue weighted by Crippen LogP contribution is 2.35. The highest BCUT2D eigenvalue weighted by Gasteiger charge is 2.06. The zero-order valence-corrected chi connectivity index (χ0v) is 14.0. The van der Waals surface area contributed by atoms with E-state index in [9.17, 15) is 0 Å². The Morgan fingerprint density at radius 1 is 0.783 bits per heavy atom. The van der Waals surface area contributed by atoms with Crippen molar-refractivity contribution < 1.29 is 13.1 Å². The van der Waals surface area contributed by atoms with Crippen LogP contribution in [0.4, 0.5) is 0 Å². The molecule has 0 N–H and O–H groups in total. The summed E-state index contributed by atoms with van der Waals surface area (Å²) in [7, 11) is 0. The molecule has 0 aliphatic heterocycles. The van der Waals surface area contributed by atoms with Gasteiger partial charge in [-0.1, -0.05) is 0 Å². The van der Waals surface area contributed by atoms with Crippen LogP contribution in [0.3, 0.4) is 0 Å². The topological polar surface area (TPSA) is 75.3 Å². The Bertz CT molecular complexity index is 716. The number of aryl methyl sites for hydroxylation is 2. The van der Waals surface area contributed by atoms with Crippen LogP contribution in [0.2, 0.25) is 0 Å². The normalized spacial score (nSPS) is 9.74. The maximum atomic E-state index is 8.49. The standard InChI is InChI=1S/C16H12N2O3S2/c1-11-7-13(19-9-17)3-5-15(11)22-21-23-16-6-4-14(20-10-18)8-12(16)2/h3-8H,1-2H3. The molecule has 0 fully saturated rings. The molecule has 2 aromatic carbocycles. The molecule has 0 saturated heterocycles.